The Bertz CT molecular complexity index is 993. The Morgan fingerprint density at radius 2 is 0.833 bits per heavy atom. The van der Waals surface area contributed by atoms with Crippen LogP contribution in [-0.4, -0.2) is 9.97 Å². The summed E-state index contributed by atoms with van der Waals surface area (Å²) >= 11 is 0. The summed E-state index contributed by atoms with van der Waals surface area (Å²) in [4.78, 5) is 8.19. The van der Waals surface area contributed by atoms with Gasteiger partial charge in [-0.25, -0.2) is 0 Å². The molecule has 0 amide bonds. The Labute approximate surface area is 176 Å². The summed E-state index contributed by atoms with van der Waals surface area (Å²) in [5, 5.41) is 6.27. The summed E-state index contributed by atoms with van der Waals surface area (Å²) in [6.07, 6.45) is 5.49. The van der Waals surface area contributed by atoms with E-state index in [1.165, 1.54) is 26.9 Å². The zero-order valence-electron chi connectivity index (χ0n) is 16.6. The zero-order chi connectivity index (χ0) is 20.4. The monoisotopic (exact) mass is 386 g/mol. The summed E-state index contributed by atoms with van der Waals surface area (Å²) < 4.78 is 0. The summed E-state index contributed by atoms with van der Waals surface area (Å²) in [5.41, 5.74) is 1.06. The molecule has 0 saturated heterocycles. The maximum atomic E-state index is 4.18. The minimum Gasteiger partial charge on any atom is -0.264 e. The van der Waals surface area contributed by atoms with Crippen molar-refractivity contribution in [1.29, 1.82) is 0 Å². The normalized spacial score (nSPS) is 10.0. The first-order chi connectivity index (χ1) is 14.9. The van der Waals surface area contributed by atoms with E-state index in [0.29, 0.717) is 0 Å². The number of benzene rings is 4. The van der Waals surface area contributed by atoms with Gasteiger partial charge in [0.25, 0.3) is 0 Å². The summed E-state index contributed by atoms with van der Waals surface area (Å²) in [6, 6.07) is 39.0. The molecule has 30 heavy (non-hydrogen) atoms. The fraction of sp³-hybridized carbons (Fsp3) is 0. The SMILES string of the molecule is c1ccc2ccccc2c1.c1ccc2cnccc2c1.c1ccc2ncccc2c1. The number of pyridine rings is 2. The fourth-order valence-corrected chi connectivity index (χ4v) is 3.18. The number of nitrogens with zero attached hydrogens (tertiary/aromatic N) is 2. The van der Waals surface area contributed by atoms with Gasteiger partial charge in [0.2, 0.25) is 0 Å². The predicted octanol–water partition coefficient (Wildman–Crippen LogP) is 7.31. The number of fused-ring (bicyclic) bond motifs is 3. The van der Waals surface area contributed by atoms with Crippen LogP contribution in [0.5, 0.6) is 0 Å². The van der Waals surface area contributed by atoms with Crippen molar-refractivity contribution in [3.05, 3.63) is 134 Å². The number of aromatic nitrogens is 2. The molecule has 0 N–H and O–H groups in total. The van der Waals surface area contributed by atoms with E-state index in [1.54, 1.807) is 0 Å². The van der Waals surface area contributed by atoms with Crippen molar-refractivity contribution in [1.82, 2.24) is 9.97 Å². The lowest BCUT2D eigenvalue weighted by Crippen LogP contribution is -1.73. The highest BCUT2D eigenvalue weighted by atomic mass is 14.6. The van der Waals surface area contributed by atoms with Gasteiger partial charge in [-0.05, 0) is 39.7 Å². The van der Waals surface area contributed by atoms with E-state index in [2.05, 4.69) is 82.8 Å². The van der Waals surface area contributed by atoms with Crippen LogP contribution in [0.1, 0.15) is 0 Å². The zero-order valence-corrected chi connectivity index (χ0v) is 16.6. The number of hydrogen-bond acceptors (Lipinski definition) is 2. The lowest BCUT2D eigenvalue weighted by molar-refractivity contribution is 1.36. The summed E-state index contributed by atoms with van der Waals surface area (Å²) in [7, 11) is 0. The minimum absolute atomic E-state index is 1.06. The second-order valence-corrected chi connectivity index (χ2v) is 6.77. The van der Waals surface area contributed by atoms with Crippen molar-refractivity contribution in [2.45, 2.75) is 0 Å². The Hall–Kier alpha value is -4.04. The van der Waals surface area contributed by atoms with Crippen molar-refractivity contribution in [3.63, 3.8) is 0 Å². The molecule has 0 fully saturated rings. The van der Waals surface area contributed by atoms with Gasteiger partial charge in [-0.15, -0.1) is 0 Å². The van der Waals surface area contributed by atoms with Crippen LogP contribution in [0.15, 0.2) is 134 Å². The van der Waals surface area contributed by atoms with Gasteiger partial charge in [-0.2, -0.15) is 0 Å². The predicted molar refractivity (Wildman–Crippen MR) is 127 cm³/mol. The van der Waals surface area contributed by atoms with E-state index in [0.717, 1.165) is 5.52 Å². The van der Waals surface area contributed by atoms with Crippen molar-refractivity contribution in [2.24, 2.45) is 0 Å². The van der Waals surface area contributed by atoms with Crippen molar-refractivity contribution < 1.29 is 0 Å². The van der Waals surface area contributed by atoms with Crippen LogP contribution in [0.3, 0.4) is 0 Å². The first-order valence-electron chi connectivity index (χ1n) is 9.92. The first kappa shape index (κ1) is 19.3. The number of para-hydroxylation sites is 1. The van der Waals surface area contributed by atoms with Crippen LogP contribution in [0, 0.1) is 0 Å². The molecule has 0 spiro atoms. The second-order valence-electron chi connectivity index (χ2n) is 6.77. The quantitative estimate of drug-likeness (QED) is 0.273. The van der Waals surface area contributed by atoms with E-state index in [4.69, 9.17) is 0 Å². The maximum Gasteiger partial charge on any atom is 0.0701 e. The summed E-state index contributed by atoms with van der Waals surface area (Å²) in [5.74, 6) is 0. The van der Waals surface area contributed by atoms with Gasteiger partial charge in [0.1, 0.15) is 0 Å². The number of rotatable bonds is 0. The van der Waals surface area contributed by atoms with E-state index < -0.39 is 0 Å². The van der Waals surface area contributed by atoms with Gasteiger partial charge < -0.3 is 0 Å². The molecule has 4 aromatic carbocycles. The topological polar surface area (TPSA) is 25.8 Å². The van der Waals surface area contributed by atoms with Crippen molar-refractivity contribution in [2.75, 3.05) is 0 Å². The van der Waals surface area contributed by atoms with Crippen LogP contribution < -0.4 is 0 Å². The minimum atomic E-state index is 1.06. The molecule has 0 atom stereocenters. The Kier molecular flexibility index (Phi) is 6.39. The second kappa shape index (κ2) is 9.94. The summed E-state index contributed by atoms with van der Waals surface area (Å²) in [6.45, 7) is 0. The lowest BCUT2D eigenvalue weighted by atomic mass is 10.1. The van der Waals surface area contributed by atoms with E-state index in [1.807, 2.05) is 61.1 Å². The third-order valence-electron chi connectivity index (χ3n) is 4.72. The van der Waals surface area contributed by atoms with Gasteiger partial charge in [0.15, 0.2) is 0 Å². The van der Waals surface area contributed by atoms with E-state index in [-0.39, 0.29) is 0 Å². The van der Waals surface area contributed by atoms with Crippen LogP contribution in [-0.2, 0) is 0 Å². The molecule has 0 bridgehead atoms. The third kappa shape index (κ3) is 5.06. The smallest absolute Gasteiger partial charge is 0.0701 e. The van der Waals surface area contributed by atoms with E-state index in [9.17, 15) is 0 Å². The highest BCUT2D eigenvalue weighted by molar-refractivity contribution is 5.82. The molecule has 2 aromatic heterocycles. The highest BCUT2D eigenvalue weighted by Gasteiger charge is 1.87. The molecular weight excluding hydrogens is 364 g/mol. The van der Waals surface area contributed by atoms with Crippen molar-refractivity contribution in [3.8, 4) is 0 Å². The molecule has 6 aromatic rings. The fourth-order valence-electron chi connectivity index (χ4n) is 3.18. The van der Waals surface area contributed by atoms with E-state index >= 15 is 0 Å². The maximum absolute atomic E-state index is 4.18. The molecule has 0 aliphatic carbocycles. The Balaban J connectivity index is 0.000000109. The molecule has 0 saturated carbocycles. The molecule has 2 heteroatoms. The third-order valence-corrected chi connectivity index (χ3v) is 4.72. The average Bonchev–Trinajstić information content (AvgIpc) is 2.85. The highest BCUT2D eigenvalue weighted by Crippen LogP contribution is 2.11. The molecule has 6 rings (SSSR count). The Morgan fingerprint density at radius 3 is 1.40 bits per heavy atom. The molecule has 0 radical (unpaired) electrons. The van der Waals surface area contributed by atoms with Crippen molar-refractivity contribution >= 4 is 32.4 Å². The van der Waals surface area contributed by atoms with Gasteiger partial charge >= 0.3 is 0 Å². The van der Waals surface area contributed by atoms with Crippen LogP contribution in [0.2, 0.25) is 0 Å². The van der Waals surface area contributed by atoms with Gasteiger partial charge in [0, 0.05) is 24.0 Å². The molecule has 0 unspecified atom stereocenters. The lowest BCUT2D eigenvalue weighted by Gasteiger charge is -1.92. The molecule has 2 heterocycles. The molecular formula is C28H22N2. The first-order valence-corrected chi connectivity index (χ1v) is 9.92. The number of hydrogen-bond donors (Lipinski definition) is 0. The van der Waals surface area contributed by atoms with Gasteiger partial charge in [-0.1, -0.05) is 97.1 Å². The average molecular weight is 386 g/mol. The van der Waals surface area contributed by atoms with Crippen LogP contribution in [0.4, 0.5) is 0 Å². The largest absolute Gasteiger partial charge is 0.264 e. The van der Waals surface area contributed by atoms with Crippen LogP contribution in [0.25, 0.3) is 32.4 Å². The standard InChI is InChI=1S/C10H8.2C9H7N/c1-2-6-10-8-4-3-7-9(10)5-1;1-2-6-9-8(4-1)5-3-7-10-9;1-2-4-9-7-10-6-5-8(9)3-1/h1-8H;2*1-7H. The molecule has 2 nitrogen and oxygen atoms in total. The van der Waals surface area contributed by atoms with Gasteiger partial charge in [-0.3, -0.25) is 9.97 Å². The molecule has 0 aliphatic heterocycles. The Morgan fingerprint density at radius 1 is 0.367 bits per heavy atom. The van der Waals surface area contributed by atoms with Gasteiger partial charge in [0.05, 0.1) is 5.52 Å². The molecule has 144 valence electrons. The van der Waals surface area contributed by atoms with Crippen LogP contribution >= 0.6 is 0 Å². The molecule has 0 aliphatic rings.